The van der Waals surface area contributed by atoms with Crippen LogP contribution in [-0.4, -0.2) is 283 Å². The maximum Gasteiger partial charge on any atom is 0.305 e. The van der Waals surface area contributed by atoms with E-state index >= 15 is 51.9 Å². The SMILES string of the molecule is CCCC[C@H]1C(=O)N2CCC[C@@H]2C(=O)N[C@@H](CC(=O)O)C(=O)N[C@H](C(C)C)C(=O)N(C)[C@@H](Cc2ccccc2)C(=O)N[C@@H](CC(=O)O)C(=O)N2CCCC[C@@H]2C(=O)N[C@H](Cc2c[nH]c3ccccc23)C(=O)N[C@@H](Cc2ccc(O)cc2)C(=O)N[C@@H](CN)C(=O)N[C@H](C(=O)NCC(N)=O)CSCC(=O)N[C@@H](Cc2cc(F)c(F)c(F)c2)C(=O)N(C)[C@@H](Cc2ccc(F)cc2)C(=O)N1C. The minimum absolute atomic E-state index is 0.0939. The molecule has 37 nitrogen and oxygen atoms in total. The highest BCUT2D eigenvalue weighted by Gasteiger charge is 2.46. The van der Waals surface area contributed by atoms with Crippen LogP contribution in [0, 0.1) is 29.2 Å². The van der Waals surface area contributed by atoms with Gasteiger partial charge in [-0.25, -0.2) is 17.6 Å². The van der Waals surface area contributed by atoms with Gasteiger partial charge in [-0.05, 0) is 115 Å². The zero-order valence-corrected chi connectivity index (χ0v) is 74.4. The number of amides is 15. The van der Waals surface area contributed by atoms with Gasteiger partial charge in [-0.2, -0.15) is 0 Å². The summed E-state index contributed by atoms with van der Waals surface area (Å²) in [5, 5.41) is 54.3. The molecule has 5 aromatic carbocycles. The highest BCUT2D eigenvalue weighted by atomic mass is 32.2. The third-order valence-electron chi connectivity index (χ3n) is 23.2. The van der Waals surface area contributed by atoms with Gasteiger partial charge in [0.2, 0.25) is 88.6 Å². The molecule has 3 aliphatic rings. The molecule has 0 saturated carbocycles. The summed E-state index contributed by atoms with van der Waals surface area (Å²) in [7, 11) is 3.51. The number of primary amides is 1. The minimum atomic E-state index is -2.00. The Bertz CT molecular complexity index is 5190. The number of rotatable bonds is 22. The van der Waals surface area contributed by atoms with Gasteiger partial charge in [-0.3, -0.25) is 81.5 Å². The molecule has 0 radical (unpaired) electrons. The van der Waals surface area contributed by atoms with Crippen LogP contribution in [0.5, 0.6) is 5.75 Å². The number of nitrogens with zero attached hydrogens (tertiary/aromatic N) is 5. The normalized spacial score (nSPS) is 23.7. The van der Waals surface area contributed by atoms with Gasteiger partial charge in [0.15, 0.2) is 17.5 Å². The molecule has 710 valence electrons. The van der Waals surface area contributed by atoms with Crippen LogP contribution in [0.3, 0.4) is 0 Å². The lowest BCUT2D eigenvalue weighted by Gasteiger charge is -2.38. The van der Waals surface area contributed by atoms with Crippen LogP contribution in [0.15, 0.2) is 121 Å². The third-order valence-corrected chi connectivity index (χ3v) is 24.3. The molecule has 1 aromatic heterocycles. The van der Waals surface area contributed by atoms with Gasteiger partial charge in [0, 0.05) is 95.7 Å². The number of likely N-dealkylation sites (N-methyl/N-ethyl adjacent to an activating group) is 3. The number of thioether (sulfide) groups is 1. The Labute approximate surface area is 761 Å². The van der Waals surface area contributed by atoms with Crippen LogP contribution in [0.4, 0.5) is 17.6 Å². The lowest BCUT2D eigenvalue weighted by Crippen LogP contribution is -2.63. The zero-order valence-electron chi connectivity index (χ0n) is 73.6. The Balaban J connectivity index is 1.13. The summed E-state index contributed by atoms with van der Waals surface area (Å²) in [6.07, 6.45) is -2.08. The first-order valence-corrected chi connectivity index (χ1v) is 44.3. The summed E-state index contributed by atoms with van der Waals surface area (Å²) in [6.45, 7) is 2.83. The van der Waals surface area contributed by atoms with E-state index in [1.807, 2.05) is 0 Å². The number of H-pyrrole nitrogens is 1. The molecule has 0 unspecified atom stereocenters. The van der Waals surface area contributed by atoms with Crippen molar-refractivity contribution in [2.45, 2.75) is 196 Å². The first kappa shape index (κ1) is 102. The number of nitrogens with two attached hydrogens (primary N) is 2. The standard InChI is InChI=1S/C90H111F4N17O20S/c1-7-8-21-69-89(130)111-33-16-23-68(111)84(125)102-62(41-74(115)116)81(122)106-77(48(2)3)90(131)108(5)70(38-49-17-10-9-11-18-49)85(126)103-64(42-75(117)118)87(128)110-32-15-14-22-67(110)83(124)101-61(40-53-44-97-59-20-13-12-19-56(53)59)80(121)100-60(36-50-26-30-55(112)31-27-50)79(120)104-65(43-95)82(123)105-66(78(119)98-45-72(96)113)46-132-47-73(114)99-63(37-52-34-57(92)76(94)58(93)35-52)86(127)109(6)71(88(129)107(69)4)39-51-24-28-54(91)29-25-51/h9-13,17-20,24-31,34-35,44,48,60-71,77,97,112H,7-8,14-16,21-23,32-33,36-43,45-47,95H2,1-6H3,(H2,96,113)(H,98,119)(H,99,114)(H,100,121)(H,101,124)(H,102,125)(H,103,126)(H,104,120)(H,105,123)(H,106,122)(H,115,116)(H,117,118)/t60-,61+,62-,63-,64-,65-,66-,67+,68+,69-,70-,71-,77+/m0/s1. The Hall–Kier alpha value is -13.5. The number of aromatic hydroxyl groups is 1. The minimum Gasteiger partial charge on any atom is -0.508 e. The number of benzene rings is 5. The lowest BCUT2D eigenvalue weighted by molar-refractivity contribution is -0.152. The molecule has 4 heterocycles. The predicted molar refractivity (Wildman–Crippen MR) is 471 cm³/mol. The molecule has 0 aliphatic carbocycles. The Morgan fingerprint density at radius 3 is 1.66 bits per heavy atom. The van der Waals surface area contributed by atoms with E-state index in [9.17, 15) is 62.5 Å². The number of unbranched alkanes of at least 4 members (excludes halogenated alkanes) is 1. The van der Waals surface area contributed by atoms with Crippen LogP contribution in [0.2, 0.25) is 0 Å². The monoisotopic (exact) mass is 1860 g/mol. The number of carboxylic acids is 2. The average Bonchev–Trinajstić information content (AvgIpc) is 1.60. The van der Waals surface area contributed by atoms with E-state index in [1.54, 1.807) is 67.7 Å². The molecular weight excluding hydrogens is 1750 g/mol. The Kier molecular flexibility index (Phi) is 37.0. The summed E-state index contributed by atoms with van der Waals surface area (Å²) in [5.41, 5.74) is 13.1. The predicted octanol–water partition coefficient (Wildman–Crippen LogP) is 0.777. The van der Waals surface area contributed by atoms with E-state index in [-0.39, 0.29) is 82.2 Å². The van der Waals surface area contributed by atoms with Crippen LogP contribution < -0.4 is 59.3 Å². The summed E-state index contributed by atoms with van der Waals surface area (Å²) < 4.78 is 59.6. The quantitative estimate of drug-likeness (QED) is 0.0330. The number of halogens is 4. The van der Waals surface area contributed by atoms with Crippen molar-refractivity contribution < 1.29 is 114 Å². The van der Waals surface area contributed by atoms with Gasteiger partial charge >= 0.3 is 11.9 Å². The van der Waals surface area contributed by atoms with Crippen molar-refractivity contribution in [1.29, 1.82) is 0 Å². The molecule has 3 aliphatic heterocycles. The second kappa shape index (κ2) is 47.9. The highest BCUT2D eigenvalue weighted by molar-refractivity contribution is 8.00. The molecule has 0 spiro atoms. The lowest BCUT2D eigenvalue weighted by atomic mass is 9.97. The largest absolute Gasteiger partial charge is 0.508 e. The fraction of sp³-hybridized carbons (Fsp3) is 0.456. The average molecular weight is 1860 g/mol. The summed E-state index contributed by atoms with van der Waals surface area (Å²) in [6, 6.07) is 3.54. The van der Waals surface area contributed by atoms with E-state index in [4.69, 9.17) is 11.5 Å². The molecule has 3 fully saturated rings. The highest BCUT2D eigenvalue weighted by Crippen LogP contribution is 2.29. The number of para-hydroxylation sites is 1. The van der Waals surface area contributed by atoms with Gasteiger partial charge < -0.3 is 104 Å². The van der Waals surface area contributed by atoms with E-state index in [1.165, 1.54) is 64.3 Å². The molecule has 17 N–H and O–H groups in total. The van der Waals surface area contributed by atoms with Gasteiger partial charge in [-0.1, -0.05) is 106 Å². The molecule has 3 saturated heterocycles. The zero-order chi connectivity index (χ0) is 96.5. The first-order chi connectivity index (χ1) is 62.7. The maximum absolute atomic E-state index is 15.6. The number of aliphatic carboxylic acids is 2. The topological polar surface area (TPSA) is 543 Å². The maximum atomic E-state index is 15.6. The number of phenols is 1. The van der Waals surface area contributed by atoms with Gasteiger partial charge in [-0.15, -0.1) is 11.8 Å². The van der Waals surface area contributed by atoms with Crippen LogP contribution >= 0.6 is 11.8 Å². The number of hydrogen-bond donors (Lipinski definition) is 15. The van der Waals surface area contributed by atoms with Crippen molar-refractivity contribution in [3.05, 3.63) is 173 Å². The van der Waals surface area contributed by atoms with Crippen molar-refractivity contribution in [3.63, 3.8) is 0 Å². The van der Waals surface area contributed by atoms with Crippen molar-refractivity contribution >= 4 is 123 Å². The molecular formula is C90H111F4N17O20S. The smallest absolute Gasteiger partial charge is 0.305 e. The van der Waals surface area contributed by atoms with E-state index in [0.29, 0.717) is 57.9 Å². The molecule has 13 atom stereocenters. The summed E-state index contributed by atoms with van der Waals surface area (Å²) in [5.74, 6) is -27.8. The second-order valence-corrected chi connectivity index (χ2v) is 34.2. The van der Waals surface area contributed by atoms with Gasteiger partial charge in [0.1, 0.15) is 90.1 Å². The Morgan fingerprint density at radius 2 is 1.03 bits per heavy atom. The van der Waals surface area contributed by atoms with Crippen molar-refractivity contribution in [1.82, 2.24) is 77.3 Å². The van der Waals surface area contributed by atoms with E-state index < -0.39 is 271 Å². The molecule has 15 amide bonds. The number of fused-ring (bicyclic) bond motifs is 3. The number of phenolic OH excluding ortho intramolecular Hbond substituents is 1. The molecule has 9 rings (SSSR count). The molecule has 0 bridgehead atoms. The number of aromatic amines is 1. The number of carbonyl (C=O) groups excluding carboxylic acids is 15. The van der Waals surface area contributed by atoms with Gasteiger partial charge in [0.25, 0.3) is 0 Å². The number of hydrogen-bond acceptors (Lipinski definition) is 20. The van der Waals surface area contributed by atoms with Crippen molar-refractivity contribution in [3.8, 4) is 5.75 Å². The molecule has 42 heteroatoms. The Morgan fingerprint density at radius 1 is 0.515 bits per heavy atom. The fourth-order valence-corrected chi connectivity index (χ4v) is 16.9. The number of carboxylic acid groups (broad SMARTS) is 2. The molecule has 132 heavy (non-hydrogen) atoms. The second-order valence-electron chi connectivity index (χ2n) is 33.2. The van der Waals surface area contributed by atoms with Crippen molar-refractivity contribution in [2.24, 2.45) is 17.4 Å². The first-order valence-electron chi connectivity index (χ1n) is 43.1. The number of aromatic nitrogens is 1. The van der Waals surface area contributed by atoms with Crippen LogP contribution in [0.1, 0.15) is 113 Å². The van der Waals surface area contributed by atoms with E-state index in [0.717, 1.165) is 43.7 Å². The summed E-state index contributed by atoms with van der Waals surface area (Å²) >= 11 is 0.599. The van der Waals surface area contributed by atoms with Crippen LogP contribution in [-0.2, 0) is 114 Å². The van der Waals surface area contributed by atoms with Gasteiger partial charge in [0.05, 0.1) is 25.1 Å². The third kappa shape index (κ3) is 27.8. The van der Waals surface area contributed by atoms with Crippen LogP contribution in [0.25, 0.3) is 10.9 Å². The van der Waals surface area contributed by atoms with E-state index in [2.05, 4.69) is 52.8 Å². The number of carbonyl (C=O) groups is 17. The summed E-state index contributed by atoms with van der Waals surface area (Å²) in [4.78, 5) is 257. The number of piperidine rings is 1. The fourth-order valence-electron chi connectivity index (χ4n) is 16.0. The number of nitrogens with one attached hydrogen (secondary N) is 10. The van der Waals surface area contributed by atoms with Crippen molar-refractivity contribution in [2.75, 3.05) is 58.8 Å². The molecule has 6 aromatic rings.